The molecule has 0 fully saturated rings. The summed E-state index contributed by atoms with van der Waals surface area (Å²) in [6.45, 7) is 6.57. The Labute approximate surface area is 74.9 Å². The molecule has 2 atom stereocenters. The minimum atomic E-state index is 0.465. The van der Waals surface area contributed by atoms with Gasteiger partial charge in [0.05, 0.1) is 0 Å². The van der Waals surface area contributed by atoms with E-state index in [-0.39, 0.29) is 0 Å². The second kappa shape index (κ2) is 5.59. The molecule has 11 heavy (non-hydrogen) atoms. The second-order valence-electron chi connectivity index (χ2n) is 2.95. The van der Waals surface area contributed by atoms with Gasteiger partial charge in [-0.25, -0.2) is 0 Å². The van der Waals surface area contributed by atoms with Gasteiger partial charge < -0.3 is 0 Å². The normalized spacial score (nSPS) is 18.1. The zero-order valence-electron chi connectivity index (χ0n) is 7.89. The molecule has 1 nitrogen and oxygen atoms in total. The zero-order valence-corrected chi connectivity index (χ0v) is 8.65. The third-order valence-electron chi connectivity index (χ3n) is 2.29. The lowest BCUT2D eigenvalue weighted by Crippen LogP contribution is -2.16. The molecule has 0 aliphatic heterocycles. The van der Waals surface area contributed by atoms with Crippen molar-refractivity contribution in [3.8, 4) is 0 Å². The van der Waals surface area contributed by atoms with Crippen LogP contribution in [0.1, 0.15) is 33.6 Å². The SMILES string of the molecule is CCC(C)C(CC)C(Cl)=NC. The maximum Gasteiger partial charge on any atom is 0.103 e. The number of hydrogen-bond donors (Lipinski definition) is 0. The van der Waals surface area contributed by atoms with Crippen LogP contribution in [-0.2, 0) is 0 Å². The fourth-order valence-corrected chi connectivity index (χ4v) is 1.63. The van der Waals surface area contributed by atoms with Gasteiger partial charge in [-0.3, -0.25) is 4.99 Å². The molecule has 0 bridgehead atoms. The van der Waals surface area contributed by atoms with Gasteiger partial charge >= 0.3 is 0 Å². The van der Waals surface area contributed by atoms with Crippen LogP contribution in [0, 0.1) is 11.8 Å². The Balaban J connectivity index is 4.15. The molecule has 0 aromatic heterocycles. The van der Waals surface area contributed by atoms with Crippen molar-refractivity contribution in [1.29, 1.82) is 0 Å². The van der Waals surface area contributed by atoms with Crippen molar-refractivity contribution >= 4 is 16.8 Å². The highest BCUT2D eigenvalue weighted by Crippen LogP contribution is 2.21. The molecular weight excluding hydrogens is 158 g/mol. The number of halogens is 1. The van der Waals surface area contributed by atoms with Gasteiger partial charge in [0, 0.05) is 13.0 Å². The zero-order chi connectivity index (χ0) is 8.85. The van der Waals surface area contributed by atoms with Crippen molar-refractivity contribution in [1.82, 2.24) is 0 Å². The van der Waals surface area contributed by atoms with E-state index < -0.39 is 0 Å². The predicted molar refractivity (Wildman–Crippen MR) is 52.4 cm³/mol. The lowest BCUT2D eigenvalue weighted by Gasteiger charge is -2.19. The molecule has 66 valence electrons. The van der Waals surface area contributed by atoms with Crippen molar-refractivity contribution in [2.24, 2.45) is 16.8 Å². The van der Waals surface area contributed by atoms with Gasteiger partial charge in [-0.2, -0.15) is 0 Å². The van der Waals surface area contributed by atoms with Crippen molar-refractivity contribution in [2.75, 3.05) is 7.05 Å². The summed E-state index contributed by atoms with van der Waals surface area (Å²) in [4.78, 5) is 4.01. The average Bonchev–Trinajstić information content (AvgIpc) is 2.05. The summed E-state index contributed by atoms with van der Waals surface area (Å²) in [5.41, 5.74) is 0. The molecular formula is C9H18ClN. The molecule has 0 aromatic carbocycles. The van der Waals surface area contributed by atoms with Crippen LogP contribution in [0.3, 0.4) is 0 Å². The molecule has 0 radical (unpaired) electrons. The summed E-state index contributed by atoms with van der Waals surface area (Å²) >= 11 is 5.96. The molecule has 0 saturated carbocycles. The van der Waals surface area contributed by atoms with Gasteiger partial charge in [0.1, 0.15) is 5.17 Å². The molecule has 2 unspecified atom stereocenters. The summed E-state index contributed by atoms with van der Waals surface area (Å²) in [5.74, 6) is 1.11. The van der Waals surface area contributed by atoms with Gasteiger partial charge in [0.2, 0.25) is 0 Å². The Morgan fingerprint density at radius 3 is 2.18 bits per heavy atom. The summed E-state index contributed by atoms with van der Waals surface area (Å²) in [7, 11) is 1.76. The molecule has 0 amide bonds. The van der Waals surface area contributed by atoms with Crippen LogP contribution >= 0.6 is 11.6 Å². The first-order chi connectivity index (χ1) is 5.17. The highest BCUT2D eigenvalue weighted by molar-refractivity contribution is 6.65. The number of hydrogen-bond acceptors (Lipinski definition) is 1. The van der Waals surface area contributed by atoms with E-state index in [4.69, 9.17) is 11.6 Å². The van der Waals surface area contributed by atoms with Crippen LogP contribution in [0.25, 0.3) is 0 Å². The lowest BCUT2D eigenvalue weighted by molar-refractivity contribution is 0.433. The molecule has 0 aliphatic carbocycles. The third kappa shape index (κ3) is 3.24. The minimum Gasteiger partial charge on any atom is -0.281 e. The van der Waals surface area contributed by atoms with Gasteiger partial charge in [0.25, 0.3) is 0 Å². The Bertz CT molecular complexity index is 132. The van der Waals surface area contributed by atoms with Gasteiger partial charge in [-0.1, -0.05) is 38.8 Å². The third-order valence-corrected chi connectivity index (χ3v) is 2.74. The van der Waals surface area contributed by atoms with Gasteiger partial charge in [0.15, 0.2) is 0 Å². The first kappa shape index (κ1) is 11.0. The van der Waals surface area contributed by atoms with Crippen LogP contribution in [0.2, 0.25) is 0 Å². The predicted octanol–water partition coefficient (Wildman–Crippen LogP) is 3.33. The molecule has 0 spiro atoms. The van der Waals surface area contributed by atoms with E-state index >= 15 is 0 Å². The molecule has 0 rings (SSSR count). The second-order valence-corrected chi connectivity index (χ2v) is 3.33. The summed E-state index contributed by atoms with van der Waals surface area (Å²) in [6.07, 6.45) is 2.26. The van der Waals surface area contributed by atoms with Gasteiger partial charge in [-0.15, -0.1) is 0 Å². The van der Waals surface area contributed by atoms with Crippen LogP contribution in [0.4, 0.5) is 0 Å². The summed E-state index contributed by atoms with van der Waals surface area (Å²) in [5, 5.41) is 0.779. The van der Waals surface area contributed by atoms with Crippen molar-refractivity contribution < 1.29 is 0 Å². The number of rotatable bonds is 4. The smallest absolute Gasteiger partial charge is 0.103 e. The molecule has 0 aromatic rings. The standard InChI is InChI=1S/C9H18ClN/c1-5-7(3)8(6-2)9(10)11-4/h7-8H,5-6H2,1-4H3. The summed E-state index contributed by atoms with van der Waals surface area (Å²) < 4.78 is 0. The maximum atomic E-state index is 5.96. The highest BCUT2D eigenvalue weighted by Gasteiger charge is 2.17. The number of nitrogens with zero attached hydrogens (tertiary/aromatic N) is 1. The minimum absolute atomic E-state index is 0.465. The van der Waals surface area contributed by atoms with Crippen molar-refractivity contribution in [2.45, 2.75) is 33.6 Å². The van der Waals surface area contributed by atoms with Crippen LogP contribution < -0.4 is 0 Å². The lowest BCUT2D eigenvalue weighted by atomic mass is 9.90. The molecule has 0 aliphatic rings. The van der Waals surface area contributed by atoms with E-state index in [0.717, 1.165) is 11.6 Å². The largest absolute Gasteiger partial charge is 0.281 e. The van der Waals surface area contributed by atoms with Crippen LogP contribution in [-0.4, -0.2) is 12.2 Å². The monoisotopic (exact) mass is 175 g/mol. The Hall–Kier alpha value is -0.0400. The quantitative estimate of drug-likeness (QED) is 0.582. The van der Waals surface area contributed by atoms with Gasteiger partial charge in [-0.05, 0) is 12.3 Å². The Morgan fingerprint density at radius 1 is 1.36 bits per heavy atom. The van der Waals surface area contributed by atoms with E-state index in [2.05, 4.69) is 25.8 Å². The maximum absolute atomic E-state index is 5.96. The van der Waals surface area contributed by atoms with Crippen molar-refractivity contribution in [3.05, 3.63) is 0 Å². The first-order valence-corrected chi connectivity index (χ1v) is 4.67. The fourth-order valence-electron chi connectivity index (χ4n) is 1.26. The van der Waals surface area contributed by atoms with E-state index in [1.165, 1.54) is 6.42 Å². The highest BCUT2D eigenvalue weighted by atomic mass is 35.5. The Kier molecular flexibility index (Phi) is 5.57. The molecule has 0 N–H and O–H groups in total. The van der Waals surface area contributed by atoms with E-state index in [1.807, 2.05) is 0 Å². The molecule has 0 heterocycles. The van der Waals surface area contributed by atoms with E-state index in [1.54, 1.807) is 7.05 Å². The van der Waals surface area contributed by atoms with E-state index in [9.17, 15) is 0 Å². The molecule has 0 saturated heterocycles. The molecule has 2 heteroatoms. The average molecular weight is 176 g/mol. The van der Waals surface area contributed by atoms with E-state index in [0.29, 0.717) is 11.8 Å². The van der Waals surface area contributed by atoms with Crippen LogP contribution in [0.5, 0.6) is 0 Å². The first-order valence-electron chi connectivity index (χ1n) is 4.29. The summed E-state index contributed by atoms with van der Waals surface area (Å²) in [6, 6.07) is 0. The fraction of sp³-hybridized carbons (Fsp3) is 0.889. The Morgan fingerprint density at radius 2 is 1.91 bits per heavy atom. The van der Waals surface area contributed by atoms with Crippen molar-refractivity contribution in [3.63, 3.8) is 0 Å². The topological polar surface area (TPSA) is 12.4 Å². The van der Waals surface area contributed by atoms with Crippen LogP contribution in [0.15, 0.2) is 4.99 Å². The number of aliphatic imine (C=N–C) groups is 1.